The van der Waals surface area contributed by atoms with Crippen LogP contribution in [0.25, 0.3) is 0 Å². The summed E-state index contributed by atoms with van der Waals surface area (Å²) in [5, 5.41) is 8.82. The number of ether oxygens (including phenoxy) is 1. The van der Waals surface area contributed by atoms with Gasteiger partial charge in [-0.05, 0) is 24.3 Å². The van der Waals surface area contributed by atoms with Crippen LogP contribution in [0.3, 0.4) is 0 Å². The van der Waals surface area contributed by atoms with Crippen LogP contribution >= 0.6 is 11.6 Å². The molecule has 19 heavy (non-hydrogen) atoms. The van der Waals surface area contributed by atoms with E-state index in [-0.39, 0.29) is 28.5 Å². The number of benzene rings is 2. The molecule has 96 valence electrons. The summed E-state index contributed by atoms with van der Waals surface area (Å²) in [5.41, 5.74) is 0.186. The first-order valence-corrected chi connectivity index (χ1v) is 5.75. The maximum Gasteiger partial charge on any atom is 0.147 e. The Bertz CT molecular complexity index is 652. The van der Waals surface area contributed by atoms with Crippen molar-refractivity contribution >= 4 is 11.6 Å². The fourth-order valence-corrected chi connectivity index (χ4v) is 1.75. The summed E-state index contributed by atoms with van der Waals surface area (Å²) < 4.78 is 31.9. The van der Waals surface area contributed by atoms with E-state index in [1.807, 2.05) is 0 Å². The Balaban J connectivity index is 2.17. The van der Waals surface area contributed by atoms with Crippen LogP contribution in [-0.2, 0) is 6.61 Å². The number of nitriles is 1. The Morgan fingerprint density at radius 1 is 1.21 bits per heavy atom. The topological polar surface area (TPSA) is 33.0 Å². The van der Waals surface area contributed by atoms with Crippen molar-refractivity contribution in [1.29, 1.82) is 5.26 Å². The van der Waals surface area contributed by atoms with E-state index in [1.54, 1.807) is 12.1 Å². The zero-order valence-corrected chi connectivity index (χ0v) is 10.4. The molecule has 0 aliphatic rings. The van der Waals surface area contributed by atoms with E-state index in [0.29, 0.717) is 0 Å². The van der Waals surface area contributed by atoms with Crippen LogP contribution < -0.4 is 4.74 Å². The third-order valence-electron chi connectivity index (χ3n) is 2.48. The van der Waals surface area contributed by atoms with Crippen molar-refractivity contribution in [3.63, 3.8) is 0 Å². The monoisotopic (exact) mass is 279 g/mol. The third-order valence-corrected chi connectivity index (χ3v) is 2.77. The lowest BCUT2D eigenvalue weighted by Crippen LogP contribution is -2.00. The average Bonchev–Trinajstić information content (AvgIpc) is 2.39. The van der Waals surface area contributed by atoms with Gasteiger partial charge in [0.1, 0.15) is 30.1 Å². The van der Waals surface area contributed by atoms with Gasteiger partial charge in [-0.25, -0.2) is 8.78 Å². The lowest BCUT2D eigenvalue weighted by atomic mass is 10.1. The molecule has 0 radical (unpaired) electrons. The quantitative estimate of drug-likeness (QED) is 0.848. The van der Waals surface area contributed by atoms with Crippen LogP contribution in [-0.4, -0.2) is 0 Å². The fraction of sp³-hybridized carbons (Fsp3) is 0.0714. The zero-order chi connectivity index (χ0) is 13.8. The summed E-state index contributed by atoms with van der Waals surface area (Å²) in [5.74, 6) is -0.844. The molecule has 2 nitrogen and oxygen atoms in total. The Labute approximate surface area is 113 Å². The summed E-state index contributed by atoms with van der Waals surface area (Å²) in [6.07, 6.45) is 0. The van der Waals surface area contributed by atoms with Crippen LogP contribution in [0.5, 0.6) is 5.75 Å². The summed E-state index contributed by atoms with van der Waals surface area (Å²) in [6.45, 7) is -0.0906. The summed E-state index contributed by atoms with van der Waals surface area (Å²) in [6, 6.07) is 9.87. The molecule has 0 aliphatic carbocycles. The van der Waals surface area contributed by atoms with Crippen molar-refractivity contribution in [1.82, 2.24) is 0 Å². The van der Waals surface area contributed by atoms with E-state index >= 15 is 0 Å². The van der Waals surface area contributed by atoms with Crippen molar-refractivity contribution in [3.8, 4) is 11.8 Å². The second-order valence-corrected chi connectivity index (χ2v) is 4.16. The summed E-state index contributed by atoms with van der Waals surface area (Å²) in [7, 11) is 0. The molecule has 0 fully saturated rings. The van der Waals surface area contributed by atoms with Crippen molar-refractivity contribution in [2.45, 2.75) is 6.61 Å². The van der Waals surface area contributed by atoms with E-state index in [4.69, 9.17) is 21.6 Å². The van der Waals surface area contributed by atoms with Gasteiger partial charge in [-0.2, -0.15) is 5.26 Å². The first-order valence-electron chi connectivity index (χ1n) is 5.37. The van der Waals surface area contributed by atoms with Crippen LogP contribution in [0, 0.1) is 23.0 Å². The molecule has 0 aromatic heterocycles. The maximum absolute atomic E-state index is 13.7. The van der Waals surface area contributed by atoms with E-state index in [2.05, 4.69) is 0 Å². The highest BCUT2D eigenvalue weighted by Crippen LogP contribution is 2.26. The zero-order valence-electron chi connectivity index (χ0n) is 9.66. The Morgan fingerprint density at radius 2 is 2.00 bits per heavy atom. The van der Waals surface area contributed by atoms with Gasteiger partial charge in [0.2, 0.25) is 0 Å². The van der Waals surface area contributed by atoms with Gasteiger partial charge in [-0.3, -0.25) is 0 Å². The van der Waals surface area contributed by atoms with Crippen molar-refractivity contribution in [3.05, 3.63) is 64.2 Å². The first-order chi connectivity index (χ1) is 9.11. The molecule has 0 N–H and O–H groups in total. The molecule has 0 unspecified atom stereocenters. The van der Waals surface area contributed by atoms with Gasteiger partial charge in [0.15, 0.2) is 0 Å². The van der Waals surface area contributed by atoms with Gasteiger partial charge in [0.05, 0.1) is 10.6 Å². The van der Waals surface area contributed by atoms with Gasteiger partial charge in [-0.1, -0.05) is 23.7 Å². The molecule has 0 spiro atoms. The fourth-order valence-electron chi connectivity index (χ4n) is 1.53. The minimum atomic E-state index is -0.622. The molecule has 2 aromatic carbocycles. The van der Waals surface area contributed by atoms with E-state index < -0.39 is 11.6 Å². The standard InChI is InChI=1S/C14H8ClF2NO/c15-12-6-11(16)4-5-13(12)19-8-10-3-1-2-9(7-18)14(10)17/h1-6H,8H2. The number of hydrogen-bond acceptors (Lipinski definition) is 2. The molecule has 2 aromatic rings. The van der Waals surface area contributed by atoms with Gasteiger partial charge >= 0.3 is 0 Å². The van der Waals surface area contributed by atoms with Crippen LogP contribution in [0.4, 0.5) is 8.78 Å². The summed E-state index contributed by atoms with van der Waals surface area (Å²) >= 11 is 5.78. The molecular weight excluding hydrogens is 272 g/mol. The minimum absolute atomic E-state index is 0.0497. The van der Waals surface area contributed by atoms with Gasteiger partial charge < -0.3 is 4.74 Å². The SMILES string of the molecule is N#Cc1cccc(COc2ccc(F)cc2Cl)c1F. The maximum atomic E-state index is 13.7. The van der Waals surface area contributed by atoms with Gasteiger partial charge in [0, 0.05) is 5.56 Å². The average molecular weight is 280 g/mol. The molecule has 0 aliphatic heterocycles. The number of hydrogen-bond donors (Lipinski definition) is 0. The predicted octanol–water partition coefficient (Wildman–Crippen LogP) is 4.07. The molecule has 0 bridgehead atoms. The second kappa shape index (κ2) is 5.68. The molecule has 5 heteroatoms. The highest BCUT2D eigenvalue weighted by atomic mass is 35.5. The third kappa shape index (κ3) is 3.01. The van der Waals surface area contributed by atoms with Crippen LogP contribution in [0.2, 0.25) is 5.02 Å². The Kier molecular flexibility index (Phi) is 3.98. The largest absolute Gasteiger partial charge is 0.487 e. The molecule has 0 atom stereocenters. The van der Waals surface area contributed by atoms with Crippen molar-refractivity contribution in [2.75, 3.05) is 0 Å². The van der Waals surface area contributed by atoms with Crippen LogP contribution in [0.1, 0.15) is 11.1 Å². The smallest absolute Gasteiger partial charge is 0.147 e. The summed E-state index contributed by atoms with van der Waals surface area (Å²) in [4.78, 5) is 0. The molecule has 0 amide bonds. The molecule has 0 saturated carbocycles. The Morgan fingerprint density at radius 3 is 2.68 bits per heavy atom. The number of nitrogens with zero attached hydrogens (tertiary/aromatic N) is 1. The Hall–Kier alpha value is -2.12. The van der Waals surface area contributed by atoms with Crippen molar-refractivity contribution < 1.29 is 13.5 Å². The molecule has 0 saturated heterocycles. The first kappa shape index (κ1) is 13.3. The molecular formula is C14H8ClF2NO. The normalized spacial score (nSPS) is 10.0. The number of halogens is 3. The second-order valence-electron chi connectivity index (χ2n) is 3.75. The molecule has 0 heterocycles. The lowest BCUT2D eigenvalue weighted by Gasteiger charge is -2.09. The van der Waals surface area contributed by atoms with E-state index in [1.165, 1.54) is 24.3 Å². The molecule has 2 rings (SSSR count). The number of rotatable bonds is 3. The van der Waals surface area contributed by atoms with Crippen LogP contribution in [0.15, 0.2) is 36.4 Å². The highest BCUT2D eigenvalue weighted by molar-refractivity contribution is 6.32. The van der Waals surface area contributed by atoms with Gasteiger partial charge in [0.25, 0.3) is 0 Å². The van der Waals surface area contributed by atoms with E-state index in [9.17, 15) is 8.78 Å². The van der Waals surface area contributed by atoms with E-state index in [0.717, 1.165) is 6.07 Å². The van der Waals surface area contributed by atoms with Crippen molar-refractivity contribution in [2.24, 2.45) is 0 Å². The predicted molar refractivity (Wildman–Crippen MR) is 66.9 cm³/mol. The van der Waals surface area contributed by atoms with Gasteiger partial charge in [-0.15, -0.1) is 0 Å². The lowest BCUT2D eigenvalue weighted by molar-refractivity contribution is 0.299. The highest BCUT2D eigenvalue weighted by Gasteiger charge is 2.09. The minimum Gasteiger partial charge on any atom is -0.487 e.